The first-order valence-electron chi connectivity index (χ1n) is 5.73. The lowest BCUT2D eigenvalue weighted by Crippen LogP contribution is -2.45. The van der Waals surface area contributed by atoms with Gasteiger partial charge in [0.15, 0.2) is 0 Å². The summed E-state index contributed by atoms with van der Waals surface area (Å²) in [4.78, 5) is 13.9. The van der Waals surface area contributed by atoms with Crippen LogP contribution in [0.25, 0.3) is 0 Å². The molecule has 0 spiro atoms. The van der Waals surface area contributed by atoms with E-state index in [0.717, 1.165) is 0 Å². The highest BCUT2D eigenvalue weighted by Gasteiger charge is 2.29. The van der Waals surface area contributed by atoms with E-state index in [4.69, 9.17) is 0 Å². The minimum absolute atomic E-state index is 0.0747. The van der Waals surface area contributed by atoms with Gasteiger partial charge in [0.2, 0.25) is 0 Å². The lowest BCUT2D eigenvalue weighted by atomic mass is 10.0. The molecule has 0 unspecified atom stereocenters. The molecule has 1 aromatic carbocycles. The first-order chi connectivity index (χ1) is 8.29. The number of rotatable bonds is 3. The van der Waals surface area contributed by atoms with Crippen LogP contribution in [0.1, 0.15) is 31.1 Å². The number of hydrogen-bond donors (Lipinski definition) is 2. The standard InChI is InChI=1S/C14H19NO3/c1-5-9-15(14(2,3)4)13(18)12-10(16)7-6-8-11(12)17/h5-8,16-17H,1,9H2,2-4H3. The van der Waals surface area contributed by atoms with E-state index in [1.54, 1.807) is 6.08 Å². The van der Waals surface area contributed by atoms with Crippen molar-refractivity contribution in [1.82, 2.24) is 4.90 Å². The van der Waals surface area contributed by atoms with Gasteiger partial charge in [-0.25, -0.2) is 0 Å². The highest BCUT2D eigenvalue weighted by atomic mass is 16.3. The topological polar surface area (TPSA) is 60.8 Å². The van der Waals surface area contributed by atoms with Gasteiger partial charge in [0.25, 0.3) is 5.91 Å². The zero-order chi connectivity index (χ0) is 13.9. The van der Waals surface area contributed by atoms with E-state index in [9.17, 15) is 15.0 Å². The number of phenols is 2. The van der Waals surface area contributed by atoms with E-state index in [2.05, 4.69) is 6.58 Å². The third-order valence-corrected chi connectivity index (χ3v) is 2.60. The minimum atomic E-state index is -0.431. The quantitative estimate of drug-likeness (QED) is 0.809. The molecule has 0 aromatic heterocycles. The van der Waals surface area contributed by atoms with E-state index < -0.39 is 11.4 Å². The molecule has 0 atom stereocenters. The van der Waals surface area contributed by atoms with Crippen molar-refractivity contribution in [2.45, 2.75) is 26.3 Å². The van der Waals surface area contributed by atoms with Gasteiger partial charge in [0.1, 0.15) is 17.1 Å². The SMILES string of the molecule is C=CCN(C(=O)c1c(O)cccc1O)C(C)(C)C. The van der Waals surface area contributed by atoms with E-state index >= 15 is 0 Å². The van der Waals surface area contributed by atoms with E-state index in [-0.39, 0.29) is 17.1 Å². The van der Waals surface area contributed by atoms with Crippen LogP contribution in [0.3, 0.4) is 0 Å². The van der Waals surface area contributed by atoms with Gasteiger partial charge in [-0.05, 0) is 32.9 Å². The molecule has 18 heavy (non-hydrogen) atoms. The molecule has 1 amide bonds. The van der Waals surface area contributed by atoms with Crippen molar-refractivity contribution in [2.75, 3.05) is 6.54 Å². The van der Waals surface area contributed by atoms with Crippen molar-refractivity contribution in [3.8, 4) is 11.5 Å². The Balaban J connectivity index is 3.22. The number of carbonyl (C=O) groups is 1. The van der Waals surface area contributed by atoms with E-state index in [1.165, 1.54) is 23.1 Å². The van der Waals surface area contributed by atoms with Gasteiger partial charge in [0.05, 0.1) is 0 Å². The van der Waals surface area contributed by atoms with Gasteiger partial charge in [-0.2, -0.15) is 0 Å². The summed E-state index contributed by atoms with van der Waals surface area (Å²) in [5, 5.41) is 19.4. The smallest absolute Gasteiger partial charge is 0.262 e. The number of aromatic hydroxyl groups is 2. The first kappa shape index (κ1) is 14.1. The molecule has 0 radical (unpaired) electrons. The van der Waals surface area contributed by atoms with Gasteiger partial charge < -0.3 is 15.1 Å². The summed E-state index contributed by atoms with van der Waals surface area (Å²) in [7, 11) is 0. The molecular formula is C14H19NO3. The molecule has 0 aliphatic heterocycles. The average Bonchev–Trinajstić information content (AvgIpc) is 2.23. The monoisotopic (exact) mass is 249 g/mol. The highest BCUT2D eigenvalue weighted by molar-refractivity contribution is 5.99. The van der Waals surface area contributed by atoms with Crippen molar-refractivity contribution in [2.24, 2.45) is 0 Å². The third-order valence-electron chi connectivity index (χ3n) is 2.60. The average molecular weight is 249 g/mol. The van der Waals surface area contributed by atoms with Crippen LogP contribution in [0.4, 0.5) is 0 Å². The number of nitrogens with zero attached hydrogens (tertiary/aromatic N) is 1. The molecule has 0 aliphatic carbocycles. The lowest BCUT2D eigenvalue weighted by molar-refractivity contribution is 0.0610. The Morgan fingerprint density at radius 3 is 2.22 bits per heavy atom. The summed E-state index contributed by atoms with van der Waals surface area (Å²) in [6, 6.07) is 4.24. The molecule has 0 saturated carbocycles. The summed E-state index contributed by atoms with van der Waals surface area (Å²) >= 11 is 0. The predicted molar refractivity (Wildman–Crippen MR) is 70.8 cm³/mol. The maximum atomic E-state index is 12.4. The zero-order valence-corrected chi connectivity index (χ0v) is 11.0. The first-order valence-corrected chi connectivity index (χ1v) is 5.73. The summed E-state index contributed by atoms with van der Waals surface area (Å²) < 4.78 is 0. The number of phenolic OH excluding ortho intramolecular Hbond substituents is 2. The molecular weight excluding hydrogens is 230 g/mol. The second-order valence-electron chi connectivity index (χ2n) is 5.05. The third kappa shape index (κ3) is 2.83. The second kappa shape index (κ2) is 5.12. The maximum Gasteiger partial charge on any atom is 0.262 e. The number of hydrogen-bond acceptors (Lipinski definition) is 3. The largest absolute Gasteiger partial charge is 0.507 e. The van der Waals surface area contributed by atoms with Gasteiger partial charge in [-0.3, -0.25) is 4.79 Å². The Hall–Kier alpha value is -1.97. The Bertz CT molecular complexity index is 440. The molecule has 4 nitrogen and oxygen atoms in total. The fourth-order valence-electron chi connectivity index (χ4n) is 1.67. The van der Waals surface area contributed by atoms with Crippen LogP contribution in [-0.4, -0.2) is 33.1 Å². The molecule has 0 aliphatic rings. The molecule has 2 N–H and O–H groups in total. The molecule has 0 heterocycles. The fraction of sp³-hybridized carbons (Fsp3) is 0.357. The van der Waals surface area contributed by atoms with Gasteiger partial charge in [-0.1, -0.05) is 12.1 Å². The molecule has 0 saturated heterocycles. The lowest BCUT2D eigenvalue weighted by Gasteiger charge is -2.35. The molecule has 4 heteroatoms. The molecule has 98 valence electrons. The normalized spacial score (nSPS) is 11.1. The van der Waals surface area contributed by atoms with Crippen LogP contribution in [-0.2, 0) is 0 Å². The Morgan fingerprint density at radius 1 is 1.33 bits per heavy atom. The predicted octanol–water partition coefficient (Wildman–Crippen LogP) is 2.52. The van der Waals surface area contributed by atoms with Gasteiger partial charge >= 0.3 is 0 Å². The minimum Gasteiger partial charge on any atom is -0.507 e. The van der Waals surface area contributed by atoms with Crippen LogP contribution in [0.5, 0.6) is 11.5 Å². The van der Waals surface area contributed by atoms with Crippen molar-refractivity contribution >= 4 is 5.91 Å². The summed E-state index contributed by atoms with van der Waals surface area (Å²) in [6.07, 6.45) is 1.61. The van der Waals surface area contributed by atoms with Crippen LogP contribution < -0.4 is 0 Å². The second-order valence-corrected chi connectivity index (χ2v) is 5.05. The number of benzene rings is 1. The summed E-state index contributed by atoms with van der Waals surface area (Å²) in [5.41, 5.74) is -0.505. The van der Waals surface area contributed by atoms with Crippen LogP contribution in [0, 0.1) is 0 Å². The Kier molecular flexibility index (Phi) is 4.01. The maximum absolute atomic E-state index is 12.4. The zero-order valence-electron chi connectivity index (χ0n) is 11.0. The van der Waals surface area contributed by atoms with Crippen molar-refractivity contribution in [1.29, 1.82) is 0 Å². The molecule has 1 aromatic rings. The van der Waals surface area contributed by atoms with E-state index in [1.807, 2.05) is 20.8 Å². The highest BCUT2D eigenvalue weighted by Crippen LogP contribution is 2.29. The fourth-order valence-corrected chi connectivity index (χ4v) is 1.67. The van der Waals surface area contributed by atoms with Crippen molar-refractivity contribution < 1.29 is 15.0 Å². The van der Waals surface area contributed by atoms with Crippen LogP contribution in [0.2, 0.25) is 0 Å². The number of carbonyl (C=O) groups excluding carboxylic acids is 1. The van der Waals surface area contributed by atoms with Crippen molar-refractivity contribution in [3.63, 3.8) is 0 Å². The Labute approximate surface area is 107 Å². The summed E-state index contributed by atoms with van der Waals surface area (Å²) in [6.45, 7) is 9.60. The molecule has 0 bridgehead atoms. The van der Waals surface area contributed by atoms with Crippen molar-refractivity contribution in [3.05, 3.63) is 36.4 Å². The van der Waals surface area contributed by atoms with Gasteiger partial charge in [-0.15, -0.1) is 6.58 Å². The van der Waals surface area contributed by atoms with Crippen LogP contribution >= 0.6 is 0 Å². The number of amides is 1. The van der Waals surface area contributed by atoms with E-state index in [0.29, 0.717) is 6.54 Å². The summed E-state index contributed by atoms with van der Waals surface area (Å²) in [5.74, 6) is -0.866. The Morgan fingerprint density at radius 2 is 1.83 bits per heavy atom. The molecule has 0 fully saturated rings. The molecule has 1 rings (SSSR count). The van der Waals surface area contributed by atoms with Gasteiger partial charge in [0, 0.05) is 12.1 Å². The van der Waals surface area contributed by atoms with Crippen LogP contribution in [0.15, 0.2) is 30.9 Å².